The molecule has 0 radical (unpaired) electrons. The van der Waals surface area contributed by atoms with Crippen LogP contribution in [-0.4, -0.2) is 23.2 Å². The monoisotopic (exact) mass is 335 g/mol. The number of aromatic nitrogens is 2. The third kappa shape index (κ3) is 2.52. The number of piperidine rings is 1. The molecule has 0 bridgehead atoms. The van der Waals surface area contributed by atoms with E-state index in [-0.39, 0.29) is 5.41 Å². The molecule has 0 spiro atoms. The van der Waals surface area contributed by atoms with E-state index in [1.54, 1.807) is 0 Å². The Hall–Kier alpha value is -1.20. The van der Waals surface area contributed by atoms with E-state index in [1.807, 2.05) is 6.07 Å². The average Bonchev–Trinajstić information content (AvgIpc) is 2.90. The lowest BCUT2D eigenvalue weighted by atomic mass is 9.81. The van der Waals surface area contributed by atoms with Crippen molar-refractivity contribution in [1.82, 2.24) is 15.5 Å². The Bertz CT molecular complexity index is 617. The van der Waals surface area contributed by atoms with Crippen molar-refractivity contribution >= 4 is 15.9 Å². The van der Waals surface area contributed by atoms with Gasteiger partial charge in [0.1, 0.15) is 0 Å². The van der Waals surface area contributed by atoms with Crippen LogP contribution in [0.1, 0.15) is 31.2 Å². The summed E-state index contributed by atoms with van der Waals surface area (Å²) in [6.45, 7) is 6.27. The molecule has 2 heterocycles. The Kier molecular flexibility index (Phi) is 3.65. The molecule has 3 rings (SSSR count). The molecule has 20 heavy (non-hydrogen) atoms. The molecule has 1 fully saturated rings. The van der Waals surface area contributed by atoms with Crippen LogP contribution in [0.4, 0.5) is 0 Å². The molecule has 4 nitrogen and oxygen atoms in total. The Labute approximate surface area is 127 Å². The molecule has 0 amide bonds. The van der Waals surface area contributed by atoms with Crippen LogP contribution in [0.3, 0.4) is 0 Å². The first-order chi connectivity index (χ1) is 9.58. The second-order valence-electron chi connectivity index (χ2n) is 5.72. The first-order valence-corrected chi connectivity index (χ1v) is 7.69. The van der Waals surface area contributed by atoms with E-state index in [2.05, 4.69) is 57.4 Å². The molecule has 1 saturated heterocycles. The highest BCUT2D eigenvalue weighted by atomic mass is 79.9. The average molecular weight is 336 g/mol. The molecule has 1 aliphatic rings. The Morgan fingerprint density at radius 1 is 1.30 bits per heavy atom. The van der Waals surface area contributed by atoms with Gasteiger partial charge in [-0.3, -0.25) is 0 Å². The van der Waals surface area contributed by atoms with Gasteiger partial charge in [0.05, 0.1) is 0 Å². The second kappa shape index (κ2) is 5.30. The van der Waals surface area contributed by atoms with Crippen LogP contribution >= 0.6 is 15.9 Å². The van der Waals surface area contributed by atoms with Crippen molar-refractivity contribution in [2.24, 2.45) is 0 Å². The second-order valence-corrected chi connectivity index (χ2v) is 6.57. The van der Waals surface area contributed by atoms with Gasteiger partial charge in [-0.1, -0.05) is 34.1 Å². The van der Waals surface area contributed by atoms with E-state index in [4.69, 9.17) is 4.52 Å². The van der Waals surface area contributed by atoms with Gasteiger partial charge in [-0.2, -0.15) is 4.98 Å². The highest BCUT2D eigenvalue weighted by Crippen LogP contribution is 2.34. The van der Waals surface area contributed by atoms with Crippen molar-refractivity contribution in [1.29, 1.82) is 0 Å². The van der Waals surface area contributed by atoms with Crippen LogP contribution < -0.4 is 5.32 Å². The lowest BCUT2D eigenvalue weighted by Gasteiger charge is -2.30. The van der Waals surface area contributed by atoms with Gasteiger partial charge in [0.15, 0.2) is 0 Å². The number of halogens is 1. The summed E-state index contributed by atoms with van der Waals surface area (Å²) in [5.74, 6) is 1.41. The van der Waals surface area contributed by atoms with Crippen molar-refractivity contribution in [2.45, 2.75) is 32.1 Å². The molecule has 1 aromatic carbocycles. The van der Waals surface area contributed by atoms with Crippen molar-refractivity contribution < 1.29 is 4.52 Å². The number of aryl methyl sites for hydroxylation is 1. The summed E-state index contributed by atoms with van der Waals surface area (Å²) < 4.78 is 6.54. The summed E-state index contributed by atoms with van der Waals surface area (Å²) in [6, 6.07) is 6.15. The smallest absolute Gasteiger partial charge is 0.232 e. The maximum absolute atomic E-state index is 5.54. The maximum Gasteiger partial charge on any atom is 0.232 e. The minimum absolute atomic E-state index is 0.00628. The fraction of sp³-hybridized carbons (Fsp3) is 0.467. The zero-order valence-corrected chi connectivity index (χ0v) is 13.3. The van der Waals surface area contributed by atoms with E-state index in [0.717, 1.165) is 41.9 Å². The van der Waals surface area contributed by atoms with Gasteiger partial charge in [0, 0.05) is 15.5 Å². The number of hydrogen-bond acceptors (Lipinski definition) is 4. The summed E-state index contributed by atoms with van der Waals surface area (Å²) in [5, 5.41) is 7.53. The zero-order valence-electron chi connectivity index (χ0n) is 11.7. The predicted octanol–water partition coefficient (Wildman–Crippen LogP) is 3.45. The fourth-order valence-corrected chi connectivity index (χ4v) is 3.24. The minimum atomic E-state index is -0.00628. The Morgan fingerprint density at radius 2 is 2.05 bits per heavy atom. The summed E-state index contributed by atoms with van der Waals surface area (Å²) in [5.41, 5.74) is 2.17. The summed E-state index contributed by atoms with van der Waals surface area (Å²) >= 11 is 3.57. The van der Waals surface area contributed by atoms with Gasteiger partial charge < -0.3 is 9.84 Å². The third-order valence-corrected chi connectivity index (χ3v) is 4.67. The third-order valence-electron chi connectivity index (χ3n) is 4.01. The van der Waals surface area contributed by atoms with Gasteiger partial charge in [0.25, 0.3) is 0 Å². The topological polar surface area (TPSA) is 51.0 Å². The molecule has 0 aliphatic carbocycles. The first-order valence-electron chi connectivity index (χ1n) is 6.90. The van der Waals surface area contributed by atoms with Crippen LogP contribution in [0.25, 0.3) is 11.4 Å². The van der Waals surface area contributed by atoms with Crippen LogP contribution in [0.5, 0.6) is 0 Å². The first kappa shape index (κ1) is 13.8. The highest BCUT2D eigenvalue weighted by Gasteiger charge is 2.34. The van der Waals surface area contributed by atoms with Gasteiger partial charge in [-0.05, 0) is 50.6 Å². The number of hydrogen-bond donors (Lipinski definition) is 1. The number of nitrogens with one attached hydrogen (secondary N) is 1. The standard InChI is InChI=1S/C15H18BrN3O/c1-10-3-4-11(12(16)9-10)13-18-14(20-19-13)15(2)5-7-17-8-6-15/h3-4,9,17H,5-8H2,1-2H3. The maximum atomic E-state index is 5.54. The van der Waals surface area contributed by atoms with Crippen molar-refractivity contribution in [2.75, 3.05) is 13.1 Å². The molecule has 106 valence electrons. The summed E-state index contributed by atoms with van der Waals surface area (Å²) in [6.07, 6.45) is 2.06. The molecule has 2 aromatic rings. The molecule has 1 aromatic heterocycles. The lowest BCUT2D eigenvalue weighted by Crippen LogP contribution is -2.37. The van der Waals surface area contributed by atoms with E-state index in [1.165, 1.54) is 5.56 Å². The molecule has 0 atom stereocenters. The van der Waals surface area contributed by atoms with Gasteiger partial charge in [-0.15, -0.1) is 0 Å². The van der Waals surface area contributed by atoms with Crippen LogP contribution in [0, 0.1) is 6.92 Å². The molecule has 1 aliphatic heterocycles. The van der Waals surface area contributed by atoms with E-state index in [0.29, 0.717) is 5.82 Å². The van der Waals surface area contributed by atoms with Crippen molar-refractivity contribution in [3.8, 4) is 11.4 Å². The molecular weight excluding hydrogens is 318 g/mol. The Morgan fingerprint density at radius 3 is 2.75 bits per heavy atom. The van der Waals surface area contributed by atoms with Crippen LogP contribution in [0.2, 0.25) is 0 Å². The van der Waals surface area contributed by atoms with Gasteiger partial charge in [0.2, 0.25) is 11.7 Å². The minimum Gasteiger partial charge on any atom is -0.338 e. The quantitative estimate of drug-likeness (QED) is 0.913. The number of rotatable bonds is 2. The highest BCUT2D eigenvalue weighted by molar-refractivity contribution is 9.10. The summed E-state index contributed by atoms with van der Waals surface area (Å²) in [7, 11) is 0. The fourth-order valence-electron chi connectivity index (χ4n) is 2.57. The normalized spacial score (nSPS) is 18.1. The number of nitrogens with zero attached hydrogens (tertiary/aromatic N) is 2. The SMILES string of the molecule is Cc1ccc(-c2noc(C3(C)CCNCC3)n2)c(Br)c1. The predicted molar refractivity (Wildman–Crippen MR) is 81.6 cm³/mol. The number of benzene rings is 1. The van der Waals surface area contributed by atoms with Gasteiger partial charge >= 0.3 is 0 Å². The van der Waals surface area contributed by atoms with E-state index >= 15 is 0 Å². The van der Waals surface area contributed by atoms with Crippen LogP contribution in [-0.2, 0) is 5.41 Å². The lowest BCUT2D eigenvalue weighted by molar-refractivity contribution is 0.241. The molecule has 0 saturated carbocycles. The van der Waals surface area contributed by atoms with E-state index < -0.39 is 0 Å². The van der Waals surface area contributed by atoms with Gasteiger partial charge in [-0.25, -0.2) is 0 Å². The molecule has 5 heteroatoms. The largest absolute Gasteiger partial charge is 0.338 e. The molecular formula is C15H18BrN3O. The van der Waals surface area contributed by atoms with Crippen molar-refractivity contribution in [3.05, 3.63) is 34.1 Å². The summed E-state index contributed by atoms with van der Waals surface area (Å²) in [4.78, 5) is 4.63. The molecule has 0 unspecified atom stereocenters. The molecule has 1 N–H and O–H groups in total. The van der Waals surface area contributed by atoms with Crippen molar-refractivity contribution in [3.63, 3.8) is 0 Å². The van der Waals surface area contributed by atoms with E-state index in [9.17, 15) is 0 Å². The zero-order chi connectivity index (χ0) is 14.2. The van der Waals surface area contributed by atoms with Crippen LogP contribution in [0.15, 0.2) is 27.2 Å². The Balaban J connectivity index is 1.93.